The zero-order valence-corrected chi connectivity index (χ0v) is 18.5. The molecule has 2 amide bonds. The predicted molar refractivity (Wildman–Crippen MR) is 122 cm³/mol. The van der Waals surface area contributed by atoms with Crippen LogP contribution in [0.5, 0.6) is 11.5 Å². The molecule has 32 heavy (non-hydrogen) atoms. The number of amides is 2. The van der Waals surface area contributed by atoms with Gasteiger partial charge in [0.15, 0.2) is 11.5 Å². The van der Waals surface area contributed by atoms with E-state index in [0.29, 0.717) is 23.7 Å². The van der Waals surface area contributed by atoms with E-state index in [-0.39, 0.29) is 28.6 Å². The van der Waals surface area contributed by atoms with Gasteiger partial charge in [-0.3, -0.25) is 14.5 Å². The van der Waals surface area contributed by atoms with Crippen molar-refractivity contribution in [2.75, 3.05) is 13.2 Å². The van der Waals surface area contributed by atoms with Gasteiger partial charge in [0.1, 0.15) is 6.61 Å². The van der Waals surface area contributed by atoms with E-state index in [1.165, 1.54) is 12.1 Å². The second kappa shape index (κ2) is 10.3. The second-order valence-corrected chi connectivity index (χ2v) is 7.93. The van der Waals surface area contributed by atoms with E-state index in [9.17, 15) is 14.4 Å². The second-order valence-electron chi connectivity index (χ2n) is 6.53. The topological polar surface area (TPSA) is 93.1 Å². The molecule has 0 aromatic heterocycles. The molecule has 0 atom stereocenters. The van der Waals surface area contributed by atoms with Crippen LogP contribution in [0.2, 0.25) is 5.02 Å². The number of carbonyl (C=O) groups excluding carboxylic acids is 2. The van der Waals surface area contributed by atoms with Gasteiger partial charge >= 0.3 is 5.97 Å². The Morgan fingerprint density at radius 3 is 2.59 bits per heavy atom. The van der Waals surface area contributed by atoms with Gasteiger partial charge in [-0.05, 0) is 60.2 Å². The summed E-state index contributed by atoms with van der Waals surface area (Å²) in [6.07, 6.45) is 6.76. The number of carbonyl (C=O) groups is 3. The molecule has 2 aromatic carbocycles. The fraction of sp³-hybridized carbons (Fsp3) is 0.174. The first kappa shape index (κ1) is 23.3. The smallest absolute Gasteiger partial charge is 0.335 e. The fourth-order valence-electron chi connectivity index (χ4n) is 2.85. The molecule has 1 saturated heterocycles. The van der Waals surface area contributed by atoms with Crippen molar-refractivity contribution in [2.45, 2.75) is 13.5 Å². The lowest BCUT2D eigenvalue weighted by molar-refractivity contribution is -0.122. The van der Waals surface area contributed by atoms with E-state index < -0.39 is 17.1 Å². The monoisotopic (exact) mass is 471 g/mol. The zero-order valence-electron chi connectivity index (χ0n) is 17.0. The molecular weight excluding hydrogens is 454 g/mol. The molecule has 1 aliphatic rings. The third-order valence-corrected chi connectivity index (χ3v) is 5.52. The van der Waals surface area contributed by atoms with Crippen molar-refractivity contribution < 1.29 is 29.0 Å². The molecule has 164 valence electrons. The quantitative estimate of drug-likeness (QED) is 0.441. The Labute approximate surface area is 193 Å². The minimum absolute atomic E-state index is 0.0901. The molecule has 1 N–H and O–H groups in total. The van der Waals surface area contributed by atoms with E-state index in [1.54, 1.807) is 37.3 Å². The van der Waals surface area contributed by atoms with E-state index in [1.807, 2.05) is 0 Å². The lowest BCUT2D eigenvalue weighted by Gasteiger charge is -2.15. The Morgan fingerprint density at radius 1 is 1.25 bits per heavy atom. The molecule has 0 aliphatic carbocycles. The van der Waals surface area contributed by atoms with E-state index in [0.717, 1.165) is 22.2 Å². The maximum atomic E-state index is 12.4. The maximum Gasteiger partial charge on any atom is 0.335 e. The van der Waals surface area contributed by atoms with Crippen molar-refractivity contribution in [1.82, 2.24) is 4.90 Å². The van der Waals surface area contributed by atoms with Crippen molar-refractivity contribution in [2.24, 2.45) is 0 Å². The first-order valence-electron chi connectivity index (χ1n) is 9.44. The van der Waals surface area contributed by atoms with Crippen LogP contribution in [0.25, 0.3) is 6.08 Å². The molecule has 9 heteroatoms. The van der Waals surface area contributed by atoms with Crippen LogP contribution in [0, 0.1) is 12.3 Å². The van der Waals surface area contributed by atoms with Crippen LogP contribution in [-0.4, -0.2) is 40.3 Å². The summed E-state index contributed by atoms with van der Waals surface area (Å²) >= 11 is 7.23. The molecule has 0 radical (unpaired) electrons. The number of carboxylic acid groups (broad SMARTS) is 1. The lowest BCUT2D eigenvalue weighted by atomic mass is 10.1. The highest BCUT2D eigenvalue weighted by molar-refractivity contribution is 8.18. The highest BCUT2D eigenvalue weighted by atomic mass is 35.5. The lowest BCUT2D eigenvalue weighted by Crippen LogP contribution is -2.28. The summed E-state index contributed by atoms with van der Waals surface area (Å²) in [5.74, 6) is 1.51. The number of rotatable bonds is 8. The van der Waals surface area contributed by atoms with Crippen molar-refractivity contribution in [3.05, 3.63) is 63.0 Å². The number of hydrogen-bond donors (Lipinski definition) is 1. The molecule has 1 aliphatic heterocycles. The summed E-state index contributed by atoms with van der Waals surface area (Å²) in [4.78, 5) is 36.6. The Balaban J connectivity index is 1.83. The summed E-state index contributed by atoms with van der Waals surface area (Å²) in [6.45, 7) is 2.21. The van der Waals surface area contributed by atoms with Gasteiger partial charge in [0.2, 0.25) is 0 Å². The van der Waals surface area contributed by atoms with Gasteiger partial charge in [0, 0.05) is 0 Å². The molecule has 7 nitrogen and oxygen atoms in total. The van der Waals surface area contributed by atoms with Crippen LogP contribution < -0.4 is 9.47 Å². The van der Waals surface area contributed by atoms with Crippen molar-refractivity contribution in [3.8, 4) is 23.8 Å². The van der Waals surface area contributed by atoms with Crippen molar-refractivity contribution in [1.29, 1.82) is 0 Å². The minimum atomic E-state index is -1.01. The van der Waals surface area contributed by atoms with Crippen molar-refractivity contribution >= 4 is 46.6 Å². The molecular formula is C23H18ClNO6S. The Morgan fingerprint density at radius 2 is 1.97 bits per heavy atom. The Bertz CT molecular complexity index is 1140. The molecule has 0 spiro atoms. The van der Waals surface area contributed by atoms with Gasteiger partial charge in [-0.15, -0.1) is 6.42 Å². The average Bonchev–Trinajstić information content (AvgIpc) is 3.01. The predicted octanol–water partition coefficient (Wildman–Crippen LogP) is 4.69. The summed E-state index contributed by atoms with van der Waals surface area (Å²) in [5.41, 5.74) is 1.49. The molecule has 1 fully saturated rings. The van der Waals surface area contributed by atoms with Gasteiger partial charge in [-0.1, -0.05) is 29.7 Å². The standard InChI is InChI=1S/C23H18ClNO6S/c1-3-9-25-21(26)19(32-23(25)29)12-15-10-17(24)20(18(11-15)30-4-2)31-13-14-5-7-16(8-6-14)22(27)28/h1,5-8,10-12H,4,9,13H2,2H3,(H,27,28)/b19-12+. The Hall–Kier alpha value is -3.41. The highest BCUT2D eigenvalue weighted by Gasteiger charge is 2.34. The molecule has 0 saturated carbocycles. The molecule has 3 rings (SSSR count). The van der Waals surface area contributed by atoms with E-state index >= 15 is 0 Å². The van der Waals surface area contributed by atoms with Crippen LogP contribution in [-0.2, 0) is 11.4 Å². The van der Waals surface area contributed by atoms with Crippen LogP contribution >= 0.6 is 23.4 Å². The van der Waals surface area contributed by atoms with Gasteiger partial charge in [0.05, 0.1) is 28.6 Å². The zero-order chi connectivity index (χ0) is 23.3. The minimum Gasteiger partial charge on any atom is -0.490 e. The van der Waals surface area contributed by atoms with Gasteiger partial charge < -0.3 is 14.6 Å². The number of nitrogens with zero attached hydrogens (tertiary/aromatic N) is 1. The number of thioether (sulfide) groups is 1. The SMILES string of the molecule is C#CCN1C(=O)S/C(=C/c2cc(Cl)c(OCc3ccc(C(=O)O)cc3)c(OCC)c2)C1=O. The third-order valence-electron chi connectivity index (χ3n) is 4.34. The summed E-state index contributed by atoms with van der Waals surface area (Å²) in [6, 6.07) is 9.54. The third kappa shape index (κ3) is 5.25. The normalized spacial score (nSPS) is 14.5. The van der Waals surface area contributed by atoms with Gasteiger partial charge in [0.25, 0.3) is 11.1 Å². The van der Waals surface area contributed by atoms with E-state index in [4.69, 9.17) is 32.6 Å². The summed E-state index contributed by atoms with van der Waals surface area (Å²) < 4.78 is 11.5. The van der Waals surface area contributed by atoms with Crippen LogP contribution in [0.3, 0.4) is 0 Å². The number of aromatic carboxylic acids is 1. The molecule has 2 aromatic rings. The van der Waals surface area contributed by atoms with Crippen LogP contribution in [0.1, 0.15) is 28.4 Å². The number of ether oxygens (including phenoxy) is 2. The van der Waals surface area contributed by atoms with Crippen LogP contribution in [0.4, 0.5) is 4.79 Å². The number of benzene rings is 2. The number of imide groups is 1. The molecule has 0 unspecified atom stereocenters. The number of halogens is 1. The first-order valence-corrected chi connectivity index (χ1v) is 10.6. The number of terminal acetylenes is 1. The fourth-order valence-corrected chi connectivity index (χ4v) is 3.96. The average molecular weight is 472 g/mol. The molecule has 0 bridgehead atoms. The van der Waals surface area contributed by atoms with Gasteiger partial charge in [-0.25, -0.2) is 4.79 Å². The maximum absolute atomic E-state index is 12.4. The molecule has 1 heterocycles. The van der Waals surface area contributed by atoms with Crippen molar-refractivity contribution in [3.63, 3.8) is 0 Å². The Kier molecular flexibility index (Phi) is 7.46. The first-order chi connectivity index (χ1) is 15.3. The summed E-state index contributed by atoms with van der Waals surface area (Å²) in [7, 11) is 0. The number of hydrogen-bond acceptors (Lipinski definition) is 6. The van der Waals surface area contributed by atoms with Crippen LogP contribution in [0.15, 0.2) is 41.3 Å². The number of carboxylic acids is 1. The largest absolute Gasteiger partial charge is 0.490 e. The van der Waals surface area contributed by atoms with E-state index in [2.05, 4.69) is 5.92 Å². The summed E-state index contributed by atoms with van der Waals surface area (Å²) in [5, 5.41) is 8.82. The van der Waals surface area contributed by atoms with Gasteiger partial charge in [-0.2, -0.15) is 0 Å². The highest BCUT2D eigenvalue weighted by Crippen LogP contribution is 2.39.